The molecule has 5 nitrogen and oxygen atoms in total. The van der Waals surface area contributed by atoms with Gasteiger partial charge in [-0.1, -0.05) is 35.5 Å². The van der Waals surface area contributed by atoms with Gasteiger partial charge in [-0.05, 0) is 44.4 Å². The van der Waals surface area contributed by atoms with Crippen LogP contribution in [0, 0.1) is 0 Å². The number of carbonyl (C=O) groups is 1. The highest BCUT2D eigenvalue weighted by Crippen LogP contribution is 2.39. The van der Waals surface area contributed by atoms with E-state index in [1.807, 2.05) is 31.2 Å². The summed E-state index contributed by atoms with van der Waals surface area (Å²) in [4.78, 5) is 12.2. The summed E-state index contributed by atoms with van der Waals surface area (Å²) in [5.74, 6) is 1.95. The van der Waals surface area contributed by atoms with Crippen LogP contribution in [-0.4, -0.2) is 26.4 Å². The van der Waals surface area contributed by atoms with Crippen molar-refractivity contribution in [1.29, 1.82) is 0 Å². The lowest BCUT2D eigenvalue weighted by molar-refractivity contribution is -0.119. The van der Waals surface area contributed by atoms with Crippen LogP contribution in [0.1, 0.15) is 50.0 Å². The van der Waals surface area contributed by atoms with Crippen LogP contribution < -0.4 is 5.32 Å². The number of hydrogen-bond donors (Lipinski definition) is 1. The normalized spacial score (nSPS) is 15.3. The van der Waals surface area contributed by atoms with Crippen LogP contribution in [0.25, 0.3) is 0 Å². The molecule has 0 aliphatic heterocycles. The predicted octanol–water partition coefficient (Wildman–Crippen LogP) is 3.80. The van der Waals surface area contributed by atoms with Gasteiger partial charge in [0.25, 0.3) is 0 Å². The molecule has 3 rings (SSSR count). The monoisotopic (exact) mass is 364 g/mol. The lowest BCUT2D eigenvalue weighted by Crippen LogP contribution is -2.28. The first-order valence-electron chi connectivity index (χ1n) is 8.19. The molecular weight excluding hydrogens is 344 g/mol. The van der Waals surface area contributed by atoms with E-state index in [2.05, 4.69) is 27.0 Å². The summed E-state index contributed by atoms with van der Waals surface area (Å²) in [5, 5.41) is 13.1. The van der Waals surface area contributed by atoms with Crippen molar-refractivity contribution in [2.75, 3.05) is 5.75 Å². The number of rotatable bonds is 7. The summed E-state index contributed by atoms with van der Waals surface area (Å²) in [6, 6.07) is 7.46. The fraction of sp³-hybridized carbons (Fsp3) is 0.471. The lowest BCUT2D eigenvalue weighted by Gasteiger charge is -2.14. The fourth-order valence-corrected chi connectivity index (χ4v) is 3.54. The van der Waals surface area contributed by atoms with Crippen molar-refractivity contribution < 1.29 is 4.79 Å². The van der Waals surface area contributed by atoms with E-state index in [0.717, 1.165) is 23.1 Å². The summed E-state index contributed by atoms with van der Waals surface area (Å²) < 4.78 is 2.12. The second-order valence-corrected chi connectivity index (χ2v) is 7.37. The lowest BCUT2D eigenvalue weighted by atomic mass is 10.1. The van der Waals surface area contributed by atoms with Crippen LogP contribution >= 0.6 is 23.4 Å². The van der Waals surface area contributed by atoms with Gasteiger partial charge in [-0.3, -0.25) is 4.79 Å². The van der Waals surface area contributed by atoms with E-state index >= 15 is 0 Å². The van der Waals surface area contributed by atoms with E-state index < -0.39 is 0 Å². The zero-order valence-corrected chi connectivity index (χ0v) is 15.4. The molecular formula is C17H21ClN4OS. The summed E-state index contributed by atoms with van der Waals surface area (Å²) in [6.45, 7) is 4.89. The Balaban J connectivity index is 1.54. The van der Waals surface area contributed by atoms with Gasteiger partial charge in [0, 0.05) is 17.5 Å². The third-order valence-electron chi connectivity index (χ3n) is 4.08. The number of halogens is 1. The minimum absolute atomic E-state index is 0.0129. The molecule has 0 saturated heterocycles. The Bertz CT molecular complexity index is 712. The Labute approximate surface area is 151 Å². The highest BCUT2D eigenvalue weighted by atomic mass is 35.5. The van der Waals surface area contributed by atoms with Gasteiger partial charge in [0.2, 0.25) is 5.91 Å². The number of thioether (sulfide) groups is 1. The van der Waals surface area contributed by atoms with E-state index in [1.54, 1.807) is 0 Å². The number of nitrogens with zero attached hydrogens (tertiary/aromatic N) is 3. The van der Waals surface area contributed by atoms with Crippen LogP contribution in [0.4, 0.5) is 0 Å². The summed E-state index contributed by atoms with van der Waals surface area (Å²) in [6.07, 6.45) is 2.39. The second kappa shape index (κ2) is 7.57. The Morgan fingerprint density at radius 1 is 1.38 bits per heavy atom. The van der Waals surface area contributed by atoms with Gasteiger partial charge in [0.1, 0.15) is 5.82 Å². The molecule has 24 heavy (non-hydrogen) atoms. The molecule has 0 spiro atoms. The third-order valence-corrected chi connectivity index (χ3v) is 5.30. The standard InChI is InChI=1S/C17H21ClN4OS/c1-3-22-16(13-4-5-13)20-21-17(22)24-10-15(23)19-11(2)12-6-8-14(18)9-7-12/h6-9,11,13H,3-5,10H2,1-2H3,(H,19,23)/t11-/m1/s1. The highest BCUT2D eigenvalue weighted by molar-refractivity contribution is 7.99. The maximum Gasteiger partial charge on any atom is 0.230 e. The minimum Gasteiger partial charge on any atom is -0.349 e. The molecule has 128 valence electrons. The molecule has 1 saturated carbocycles. The third kappa shape index (κ3) is 4.11. The van der Waals surface area contributed by atoms with Crippen molar-refractivity contribution in [1.82, 2.24) is 20.1 Å². The van der Waals surface area contributed by atoms with Crippen molar-refractivity contribution in [2.24, 2.45) is 0 Å². The maximum absolute atomic E-state index is 12.2. The van der Waals surface area contributed by atoms with E-state index in [4.69, 9.17) is 11.6 Å². The summed E-state index contributed by atoms with van der Waals surface area (Å²) in [7, 11) is 0. The molecule has 1 amide bonds. The van der Waals surface area contributed by atoms with Gasteiger partial charge in [0.05, 0.1) is 11.8 Å². The molecule has 1 aromatic carbocycles. The van der Waals surface area contributed by atoms with E-state index in [1.165, 1.54) is 24.6 Å². The molecule has 1 atom stereocenters. The van der Waals surface area contributed by atoms with Crippen molar-refractivity contribution in [3.8, 4) is 0 Å². The Morgan fingerprint density at radius 2 is 2.08 bits per heavy atom. The zero-order valence-electron chi connectivity index (χ0n) is 13.8. The minimum atomic E-state index is -0.0542. The van der Waals surface area contributed by atoms with E-state index in [0.29, 0.717) is 16.7 Å². The summed E-state index contributed by atoms with van der Waals surface area (Å²) >= 11 is 7.33. The number of nitrogens with one attached hydrogen (secondary N) is 1. The average Bonchev–Trinajstić information content (AvgIpc) is 3.33. The first kappa shape index (κ1) is 17.3. The quantitative estimate of drug-likeness (QED) is 0.759. The number of benzene rings is 1. The highest BCUT2D eigenvalue weighted by Gasteiger charge is 2.30. The molecule has 0 bridgehead atoms. The molecule has 7 heteroatoms. The molecule has 1 aliphatic rings. The van der Waals surface area contributed by atoms with Crippen LogP contribution in [0.15, 0.2) is 29.4 Å². The average molecular weight is 365 g/mol. The van der Waals surface area contributed by atoms with Crippen LogP contribution in [-0.2, 0) is 11.3 Å². The van der Waals surface area contributed by atoms with Gasteiger partial charge in [-0.15, -0.1) is 10.2 Å². The van der Waals surface area contributed by atoms with Crippen LogP contribution in [0.3, 0.4) is 0 Å². The SMILES string of the molecule is CCn1c(SCC(=O)N[C@H](C)c2ccc(Cl)cc2)nnc1C1CC1. The van der Waals surface area contributed by atoms with Gasteiger partial charge in [0.15, 0.2) is 5.16 Å². The molecule has 1 aliphatic carbocycles. The number of aromatic nitrogens is 3. The van der Waals surface area contributed by atoms with Gasteiger partial charge in [-0.25, -0.2) is 0 Å². The van der Waals surface area contributed by atoms with E-state index in [9.17, 15) is 4.79 Å². The molecule has 1 fully saturated rings. The van der Waals surface area contributed by atoms with Gasteiger partial charge in [-0.2, -0.15) is 0 Å². The first-order valence-corrected chi connectivity index (χ1v) is 9.55. The Hall–Kier alpha value is -1.53. The molecule has 0 radical (unpaired) electrons. The second-order valence-electron chi connectivity index (χ2n) is 5.99. The van der Waals surface area contributed by atoms with Gasteiger partial charge >= 0.3 is 0 Å². The number of amides is 1. The molecule has 1 heterocycles. The van der Waals surface area contributed by atoms with Crippen molar-refractivity contribution in [3.63, 3.8) is 0 Å². The number of hydrogen-bond acceptors (Lipinski definition) is 4. The molecule has 1 N–H and O–H groups in total. The molecule has 1 aromatic heterocycles. The number of carbonyl (C=O) groups excluding carboxylic acids is 1. The zero-order chi connectivity index (χ0) is 17.1. The van der Waals surface area contributed by atoms with E-state index in [-0.39, 0.29) is 11.9 Å². The summed E-state index contributed by atoms with van der Waals surface area (Å²) in [5.41, 5.74) is 1.03. The Kier molecular flexibility index (Phi) is 5.46. The molecule has 0 unspecified atom stereocenters. The molecule has 2 aromatic rings. The predicted molar refractivity (Wildman–Crippen MR) is 96.4 cm³/mol. The Morgan fingerprint density at radius 3 is 2.71 bits per heavy atom. The van der Waals surface area contributed by atoms with Crippen molar-refractivity contribution >= 4 is 29.3 Å². The smallest absolute Gasteiger partial charge is 0.230 e. The largest absolute Gasteiger partial charge is 0.349 e. The topological polar surface area (TPSA) is 59.8 Å². The first-order chi connectivity index (χ1) is 11.6. The van der Waals surface area contributed by atoms with Crippen molar-refractivity contribution in [3.05, 3.63) is 40.7 Å². The van der Waals surface area contributed by atoms with Crippen molar-refractivity contribution in [2.45, 2.75) is 50.4 Å². The maximum atomic E-state index is 12.2. The van der Waals surface area contributed by atoms with Gasteiger partial charge < -0.3 is 9.88 Å². The van der Waals surface area contributed by atoms with Crippen LogP contribution in [0.2, 0.25) is 5.02 Å². The van der Waals surface area contributed by atoms with Crippen LogP contribution in [0.5, 0.6) is 0 Å². The fourth-order valence-electron chi connectivity index (χ4n) is 2.60.